The highest BCUT2D eigenvalue weighted by Crippen LogP contribution is 2.24. The van der Waals surface area contributed by atoms with Crippen LogP contribution in [0.2, 0.25) is 0 Å². The van der Waals surface area contributed by atoms with Crippen LogP contribution in [-0.2, 0) is 13.2 Å². The van der Waals surface area contributed by atoms with Crippen LogP contribution < -0.4 is 10.1 Å². The molecule has 0 unspecified atom stereocenters. The molecule has 27 heavy (non-hydrogen) atoms. The van der Waals surface area contributed by atoms with Crippen molar-refractivity contribution in [2.24, 2.45) is 0 Å². The Bertz CT molecular complexity index is 908. The molecule has 0 bridgehead atoms. The number of nitrogens with one attached hydrogen (secondary N) is 1. The van der Waals surface area contributed by atoms with Gasteiger partial charge in [0.25, 0.3) is 5.91 Å². The number of amides is 1. The minimum Gasteiger partial charge on any atom is -0.488 e. The van der Waals surface area contributed by atoms with Gasteiger partial charge >= 0.3 is 0 Å². The number of aromatic nitrogens is 2. The van der Waals surface area contributed by atoms with Crippen molar-refractivity contribution in [3.05, 3.63) is 82.1 Å². The third-order valence-corrected chi connectivity index (χ3v) is 4.69. The van der Waals surface area contributed by atoms with Gasteiger partial charge in [-0.1, -0.05) is 24.3 Å². The fourth-order valence-electron chi connectivity index (χ4n) is 2.66. The number of benzene rings is 2. The van der Waals surface area contributed by atoms with Crippen LogP contribution in [0.15, 0.2) is 65.4 Å². The summed E-state index contributed by atoms with van der Waals surface area (Å²) in [6.07, 6.45) is 4.66. The zero-order valence-corrected chi connectivity index (χ0v) is 16.8. The Morgan fingerprint density at radius 3 is 2.85 bits per heavy atom. The molecule has 5 nitrogen and oxygen atoms in total. The molecule has 2 aromatic carbocycles. The first-order valence-electron chi connectivity index (χ1n) is 8.85. The summed E-state index contributed by atoms with van der Waals surface area (Å²) in [4.78, 5) is 12.4. The van der Waals surface area contributed by atoms with Gasteiger partial charge in [0.15, 0.2) is 0 Å². The standard InChI is InChI=1S/C21H22BrN3O2/c1-16-13-24-25(14-16)11-5-10-23-21(26)18-7-4-6-17(12-18)15-27-20-9-3-2-8-19(20)22/h2-4,6-9,12-14H,5,10-11,15H2,1H3,(H,23,26). The third kappa shape index (κ3) is 5.69. The molecule has 1 N–H and O–H groups in total. The average Bonchev–Trinajstić information content (AvgIpc) is 3.10. The van der Waals surface area contributed by atoms with Crippen molar-refractivity contribution in [2.75, 3.05) is 6.54 Å². The van der Waals surface area contributed by atoms with E-state index in [1.165, 1.54) is 0 Å². The molecule has 0 aliphatic carbocycles. The van der Waals surface area contributed by atoms with E-state index in [0.717, 1.165) is 34.3 Å². The first-order chi connectivity index (χ1) is 13.1. The molecule has 0 saturated carbocycles. The van der Waals surface area contributed by atoms with Crippen molar-refractivity contribution in [1.82, 2.24) is 15.1 Å². The maximum Gasteiger partial charge on any atom is 0.251 e. The van der Waals surface area contributed by atoms with Crippen molar-refractivity contribution >= 4 is 21.8 Å². The summed E-state index contributed by atoms with van der Waals surface area (Å²) in [5, 5.41) is 7.20. The van der Waals surface area contributed by atoms with E-state index in [1.807, 2.05) is 72.5 Å². The van der Waals surface area contributed by atoms with Gasteiger partial charge in [-0.15, -0.1) is 0 Å². The number of halogens is 1. The van der Waals surface area contributed by atoms with Crippen LogP contribution in [0, 0.1) is 6.92 Å². The van der Waals surface area contributed by atoms with Crippen molar-refractivity contribution in [1.29, 1.82) is 0 Å². The maximum atomic E-state index is 12.4. The summed E-state index contributed by atoms with van der Waals surface area (Å²) < 4.78 is 8.62. The third-order valence-electron chi connectivity index (χ3n) is 4.03. The van der Waals surface area contributed by atoms with E-state index in [-0.39, 0.29) is 5.91 Å². The number of ether oxygens (including phenoxy) is 1. The van der Waals surface area contributed by atoms with Gasteiger partial charge in [0.2, 0.25) is 0 Å². The summed E-state index contributed by atoms with van der Waals surface area (Å²) >= 11 is 3.47. The summed E-state index contributed by atoms with van der Waals surface area (Å²) in [6.45, 7) is 3.81. The maximum absolute atomic E-state index is 12.4. The van der Waals surface area contributed by atoms with Gasteiger partial charge in [0, 0.05) is 24.8 Å². The second kappa shape index (κ2) is 9.37. The monoisotopic (exact) mass is 427 g/mol. The molecule has 0 aliphatic rings. The zero-order chi connectivity index (χ0) is 19.1. The number of aryl methyl sites for hydroxylation is 2. The van der Waals surface area contributed by atoms with Crippen LogP contribution in [0.4, 0.5) is 0 Å². The molecule has 0 radical (unpaired) electrons. The molecule has 0 fully saturated rings. The Balaban J connectivity index is 1.48. The molecule has 1 heterocycles. The fraction of sp³-hybridized carbons (Fsp3) is 0.238. The number of carbonyl (C=O) groups excluding carboxylic acids is 1. The van der Waals surface area contributed by atoms with Gasteiger partial charge in [-0.3, -0.25) is 9.48 Å². The predicted molar refractivity (Wildman–Crippen MR) is 109 cm³/mol. The lowest BCUT2D eigenvalue weighted by molar-refractivity contribution is 0.0952. The molecule has 0 aliphatic heterocycles. The molecule has 1 amide bonds. The Hall–Kier alpha value is -2.60. The lowest BCUT2D eigenvalue weighted by atomic mass is 10.1. The Labute approximate surface area is 167 Å². The summed E-state index contributed by atoms with van der Waals surface area (Å²) in [6, 6.07) is 15.2. The van der Waals surface area contributed by atoms with Gasteiger partial charge in [-0.2, -0.15) is 5.10 Å². The lowest BCUT2D eigenvalue weighted by Crippen LogP contribution is -2.25. The molecule has 140 valence electrons. The van der Waals surface area contributed by atoms with Crippen LogP contribution in [0.1, 0.15) is 27.9 Å². The van der Waals surface area contributed by atoms with E-state index in [4.69, 9.17) is 4.74 Å². The molecule has 0 atom stereocenters. The number of nitrogens with zero attached hydrogens (tertiary/aromatic N) is 2. The molecular weight excluding hydrogens is 406 g/mol. The van der Waals surface area contributed by atoms with Crippen LogP contribution in [0.3, 0.4) is 0 Å². The van der Waals surface area contributed by atoms with E-state index >= 15 is 0 Å². The van der Waals surface area contributed by atoms with Gasteiger partial charge < -0.3 is 10.1 Å². The van der Waals surface area contributed by atoms with Crippen molar-refractivity contribution in [3.8, 4) is 5.75 Å². The SMILES string of the molecule is Cc1cnn(CCCNC(=O)c2cccc(COc3ccccc3Br)c2)c1. The van der Waals surface area contributed by atoms with Gasteiger partial charge in [-0.05, 0) is 64.7 Å². The normalized spacial score (nSPS) is 10.6. The first kappa shape index (κ1) is 19.2. The Morgan fingerprint density at radius 2 is 2.07 bits per heavy atom. The average molecular weight is 428 g/mol. The molecule has 0 spiro atoms. The zero-order valence-electron chi connectivity index (χ0n) is 15.2. The molecule has 3 aromatic rings. The second-order valence-corrected chi connectivity index (χ2v) is 7.16. The van der Waals surface area contributed by atoms with Gasteiger partial charge in [-0.25, -0.2) is 0 Å². The second-order valence-electron chi connectivity index (χ2n) is 6.31. The molecule has 0 saturated heterocycles. The van der Waals surface area contributed by atoms with Crippen LogP contribution in [-0.4, -0.2) is 22.2 Å². The first-order valence-corrected chi connectivity index (χ1v) is 9.64. The number of para-hydroxylation sites is 1. The van der Waals surface area contributed by atoms with Crippen molar-refractivity contribution in [3.63, 3.8) is 0 Å². The highest BCUT2D eigenvalue weighted by atomic mass is 79.9. The molecule has 1 aromatic heterocycles. The van der Waals surface area contributed by atoms with E-state index in [2.05, 4.69) is 26.3 Å². The van der Waals surface area contributed by atoms with Crippen LogP contribution in [0.25, 0.3) is 0 Å². The van der Waals surface area contributed by atoms with Crippen LogP contribution in [0.5, 0.6) is 5.75 Å². The quantitative estimate of drug-likeness (QED) is 0.543. The van der Waals surface area contributed by atoms with Gasteiger partial charge in [0.05, 0.1) is 10.7 Å². The lowest BCUT2D eigenvalue weighted by Gasteiger charge is -2.10. The highest BCUT2D eigenvalue weighted by Gasteiger charge is 2.07. The van der Waals surface area contributed by atoms with E-state index in [9.17, 15) is 4.79 Å². The predicted octanol–water partition coefficient (Wildman–Crippen LogP) is 4.35. The molecular formula is C21H22BrN3O2. The number of rotatable bonds is 8. The summed E-state index contributed by atoms with van der Waals surface area (Å²) in [7, 11) is 0. The minimum atomic E-state index is -0.0746. The fourth-order valence-corrected chi connectivity index (χ4v) is 3.06. The number of hydrogen-bond donors (Lipinski definition) is 1. The molecule has 6 heteroatoms. The number of hydrogen-bond acceptors (Lipinski definition) is 3. The minimum absolute atomic E-state index is 0.0746. The topological polar surface area (TPSA) is 56.2 Å². The largest absolute Gasteiger partial charge is 0.488 e. The van der Waals surface area contributed by atoms with Crippen LogP contribution >= 0.6 is 15.9 Å². The van der Waals surface area contributed by atoms with Crippen molar-refractivity contribution in [2.45, 2.75) is 26.5 Å². The number of carbonyl (C=O) groups is 1. The Morgan fingerprint density at radius 1 is 1.22 bits per heavy atom. The summed E-state index contributed by atoms with van der Waals surface area (Å²) in [5.74, 6) is 0.704. The van der Waals surface area contributed by atoms with E-state index in [1.54, 1.807) is 0 Å². The van der Waals surface area contributed by atoms with E-state index in [0.29, 0.717) is 18.7 Å². The van der Waals surface area contributed by atoms with Gasteiger partial charge in [0.1, 0.15) is 12.4 Å². The smallest absolute Gasteiger partial charge is 0.251 e. The Kier molecular flexibility index (Phi) is 6.65. The highest BCUT2D eigenvalue weighted by molar-refractivity contribution is 9.10. The molecule has 3 rings (SSSR count). The summed E-state index contributed by atoms with van der Waals surface area (Å²) in [5.41, 5.74) is 2.73. The van der Waals surface area contributed by atoms with Crippen molar-refractivity contribution < 1.29 is 9.53 Å². The van der Waals surface area contributed by atoms with E-state index < -0.39 is 0 Å².